The Bertz CT molecular complexity index is 956. The molecular formula is C19H18F3N5. The summed E-state index contributed by atoms with van der Waals surface area (Å²) in [5, 5.41) is 5.83. The lowest BCUT2D eigenvalue weighted by Crippen LogP contribution is -2.27. The monoisotopic (exact) mass is 373 g/mol. The number of halogens is 3. The summed E-state index contributed by atoms with van der Waals surface area (Å²) in [5.41, 5.74) is 0.713. The average molecular weight is 373 g/mol. The van der Waals surface area contributed by atoms with E-state index < -0.39 is 17.5 Å². The van der Waals surface area contributed by atoms with Crippen molar-refractivity contribution in [3.05, 3.63) is 60.2 Å². The van der Waals surface area contributed by atoms with Crippen LogP contribution in [0.4, 0.5) is 30.6 Å². The summed E-state index contributed by atoms with van der Waals surface area (Å²) in [6, 6.07) is 7.11. The van der Waals surface area contributed by atoms with E-state index in [-0.39, 0.29) is 17.0 Å². The van der Waals surface area contributed by atoms with Crippen LogP contribution in [0, 0.1) is 17.5 Å². The molecule has 0 aliphatic rings. The molecule has 140 valence electrons. The zero-order valence-electron chi connectivity index (χ0n) is 15.0. The third-order valence-corrected chi connectivity index (χ3v) is 3.47. The first-order valence-corrected chi connectivity index (χ1v) is 8.21. The average Bonchev–Trinajstić information content (AvgIpc) is 2.61. The summed E-state index contributed by atoms with van der Waals surface area (Å²) in [6.45, 7) is 5.82. The second kappa shape index (κ2) is 7.22. The molecule has 1 aromatic carbocycles. The van der Waals surface area contributed by atoms with Gasteiger partial charge >= 0.3 is 0 Å². The smallest absolute Gasteiger partial charge is 0.225 e. The number of aromatic nitrogens is 3. The highest BCUT2D eigenvalue weighted by atomic mass is 19.2. The molecule has 2 N–H and O–H groups in total. The maximum absolute atomic E-state index is 14.0. The van der Waals surface area contributed by atoms with Crippen molar-refractivity contribution in [2.45, 2.75) is 26.3 Å². The molecule has 2 aromatic heterocycles. The van der Waals surface area contributed by atoms with Crippen molar-refractivity contribution in [3.63, 3.8) is 0 Å². The van der Waals surface area contributed by atoms with Crippen LogP contribution in [0.3, 0.4) is 0 Å². The van der Waals surface area contributed by atoms with Crippen molar-refractivity contribution in [2.75, 3.05) is 10.6 Å². The van der Waals surface area contributed by atoms with Crippen LogP contribution in [0.2, 0.25) is 0 Å². The molecular weight excluding hydrogens is 355 g/mol. The van der Waals surface area contributed by atoms with E-state index in [2.05, 4.69) is 25.6 Å². The lowest BCUT2D eigenvalue weighted by atomic mass is 10.1. The minimum absolute atomic E-state index is 0.223. The number of hydrogen-bond acceptors (Lipinski definition) is 5. The van der Waals surface area contributed by atoms with Crippen LogP contribution in [0.1, 0.15) is 20.8 Å². The fraction of sp³-hybridized carbons (Fsp3) is 0.211. The summed E-state index contributed by atoms with van der Waals surface area (Å²) in [6.07, 6.45) is 3.26. The van der Waals surface area contributed by atoms with Crippen LogP contribution < -0.4 is 10.6 Å². The number of hydrogen-bond donors (Lipinski definition) is 2. The lowest BCUT2D eigenvalue weighted by molar-refractivity contribution is 0.449. The molecule has 0 amide bonds. The Morgan fingerprint density at radius 3 is 2.41 bits per heavy atom. The van der Waals surface area contributed by atoms with Crippen LogP contribution in [-0.2, 0) is 0 Å². The predicted molar refractivity (Wildman–Crippen MR) is 98.2 cm³/mol. The largest absolute Gasteiger partial charge is 0.350 e. The summed E-state index contributed by atoms with van der Waals surface area (Å²) >= 11 is 0. The van der Waals surface area contributed by atoms with Crippen molar-refractivity contribution in [2.24, 2.45) is 0 Å². The van der Waals surface area contributed by atoms with Gasteiger partial charge in [-0.1, -0.05) is 0 Å². The Hall–Kier alpha value is -3.16. The second-order valence-corrected chi connectivity index (χ2v) is 6.93. The number of rotatable bonds is 4. The fourth-order valence-corrected chi connectivity index (χ4v) is 2.33. The maximum atomic E-state index is 14.0. The Labute approximate surface area is 154 Å². The normalized spacial score (nSPS) is 11.3. The van der Waals surface area contributed by atoms with Gasteiger partial charge in [0.2, 0.25) is 5.95 Å². The predicted octanol–water partition coefficient (Wildman–Crippen LogP) is 4.91. The molecule has 0 fully saturated rings. The van der Waals surface area contributed by atoms with Gasteiger partial charge in [-0.2, -0.15) is 4.98 Å². The van der Waals surface area contributed by atoms with Gasteiger partial charge in [-0.3, -0.25) is 4.98 Å². The van der Waals surface area contributed by atoms with E-state index in [4.69, 9.17) is 0 Å². The fourth-order valence-electron chi connectivity index (χ4n) is 2.33. The maximum Gasteiger partial charge on any atom is 0.225 e. The van der Waals surface area contributed by atoms with E-state index in [0.29, 0.717) is 11.6 Å². The third kappa shape index (κ3) is 4.52. The Kier molecular flexibility index (Phi) is 4.98. The molecule has 5 nitrogen and oxygen atoms in total. The highest BCUT2D eigenvalue weighted by Crippen LogP contribution is 2.27. The SMILES string of the molecule is CC(C)(C)Nc1nc(Nc2ccc(F)c(F)c2F)cc(-c2cccnc2)n1. The standard InChI is InChI=1S/C19H18F3N5/c1-19(2,3)27-18-25-14(11-5-4-8-23-10-11)9-15(26-18)24-13-7-6-12(20)16(21)17(13)22/h4-10H,1-3H3,(H2,24,25,26,27). The van der Waals surface area contributed by atoms with Crippen LogP contribution in [-0.4, -0.2) is 20.5 Å². The van der Waals surface area contributed by atoms with Gasteiger partial charge in [-0.25, -0.2) is 18.2 Å². The molecule has 0 unspecified atom stereocenters. The molecule has 3 rings (SSSR count). The molecule has 0 atom stereocenters. The van der Waals surface area contributed by atoms with Crippen LogP contribution >= 0.6 is 0 Å². The molecule has 0 aliphatic heterocycles. The zero-order chi connectivity index (χ0) is 19.6. The summed E-state index contributed by atoms with van der Waals surface area (Å²) < 4.78 is 40.6. The minimum atomic E-state index is -1.55. The number of nitrogens with zero attached hydrogens (tertiary/aromatic N) is 3. The minimum Gasteiger partial charge on any atom is -0.350 e. The molecule has 0 aliphatic carbocycles. The molecule has 2 heterocycles. The Morgan fingerprint density at radius 2 is 1.74 bits per heavy atom. The van der Waals surface area contributed by atoms with E-state index in [1.165, 1.54) is 0 Å². The van der Waals surface area contributed by atoms with E-state index in [1.807, 2.05) is 26.8 Å². The topological polar surface area (TPSA) is 62.7 Å². The van der Waals surface area contributed by atoms with Gasteiger partial charge < -0.3 is 10.6 Å². The second-order valence-electron chi connectivity index (χ2n) is 6.93. The van der Waals surface area contributed by atoms with E-state index in [0.717, 1.165) is 17.7 Å². The van der Waals surface area contributed by atoms with E-state index in [1.54, 1.807) is 24.5 Å². The van der Waals surface area contributed by atoms with Gasteiger partial charge in [-0.05, 0) is 45.0 Å². The van der Waals surface area contributed by atoms with Gasteiger partial charge in [-0.15, -0.1) is 0 Å². The molecule has 0 radical (unpaired) electrons. The van der Waals surface area contributed by atoms with Gasteiger partial charge in [0.1, 0.15) is 5.82 Å². The highest BCUT2D eigenvalue weighted by Gasteiger charge is 2.17. The molecule has 3 aromatic rings. The van der Waals surface area contributed by atoms with Crippen molar-refractivity contribution < 1.29 is 13.2 Å². The Morgan fingerprint density at radius 1 is 0.963 bits per heavy atom. The van der Waals surface area contributed by atoms with Crippen LogP contribution in [0.5, 0.6) is 0 Å². The first-order chi connectivity index (χ1) is 12.7. The molecule has 0 saturated carbocycles. The Balaban J connectivity index is 2.04. The number of anilines is 3. The number of pyridine rings is 1. The highest BCUT2D eigenvalue weighted by molar-refractivity contribution is 5.67. The lowest BCUT2D eigenvalue weighted by Gasteiger charge is -2.21. The van der Waals surface area contributed by atoms with Crippen molar-refractivity contribution in [1.82, 2.24) is 15.0 Å². The van der Waals surface area contributed by atoms with E-state index >= 15 is 0 Å². The molecule has 0 bridgehead atoms. The zero-order valence-corrected chi connectivity index (χ0v) is 15.0. The van der Waals surface area contributed by atoms with Crippen LogP contribution in [0.25, 0.3) is 11.3 Å². The van der Waals surface area contributed by atoms with Gasteiger partial charge in [0.15, 0.2) is 17.5 Å². The van der Waals surface area contributed by atoms with E-state index in [9.17, 15) is 13.2 Å². The molecule has 0 spiro atoms. The number of nitrogens with one attached hydrogen (secondary N) is 2. The third-order valence-electron chi connectivity index (χ3n) is 3.47. The first-order valence-electron chi connectivity index (χ1n) is 8.21. The molecule has 27 heavy (non-hydrogen) atoms. The van der Waals surface area contributed by atoms with Gasteiger partial charge in [0, 0.05) is 29.6 Å². The summed E-state index contributed by atoms with van der Waals surface area (Å²) in [5.74, 6) is -3.60. The summed E-state index contributed by atoms with van der Waals surface area (Å²) in [4.78, 5) is 12.8. The van der Waals surface area contributed by atoms with Gasteiger partial charge in [0.25, 0.3) is 0 Å². The van der Waals surface area contributed by atoms with Gasteiger partial charge in [0.05, 0.1) is 11.4 Å². The molecule has 8 heteroatoms. The first kappa shape index (κ1) is 18.6. The van der Waals surface area contributed by atoms with Crippen molar-refractivity contribution in [1.29, 1.82) is 0 Å². The quantitative estimate of drug-likeness (QED) is 0.636. The summed E-state index contributed by atoms with van der Waals surface area (Å²) in [7, 11) is 0. The number of benzene rings is 1. The molecule has 0 saturated heterocycles. The van der Waals surface area contributed by atoms with Crippen molar-refractivity contribution >= 4 is 17.5 Å². The van der Waals surface area contributed by atoms with Crippen LogP contribution in [0.15, 0.2) is 42.7 Å². The van der Waals surface area contributed by atoms with Crippen molar-refractivity contribution in [3.8, 4) is 11.3 Å².